The van der Waals surface area contributed by atoms with E-state index in [4.69, 9.17) is 9.72 Å². The number of benzene rings is 1. The lowest BCUT2D eigenvalue weighted by Gasteiger charge is -2.60. The fourth-order valence-electron chi connectivity index (χ4n) is 12.7. The minimum Gasteiger partial charge on any atom is -0.384 e. The van der Waals surface area contributed by atoms with Crippen LogP contribution in [0.5, 0.6) is 0 Å². The molecule has 7 atom stereocenters. The molecule has 332 valence electrons. The lowest BCUT2D eigenvalue weighted by Crippen LogP contribution is -2.54. The van der Waals surface area contributed by atoms with E-state index < -0.39 is 5.60 Å². The van der Waals surface area contributed by atoms with Crippen molar-refractivity contribution in [2.24, 2.45) is 34.5 Å². The summed E-state index contributed by atoms with van der Waals surface area (Å²) >= 11 is 0. The number of ether oxygens (including phenoxy) is 1. The molecule has 4 heterocycles. The average molecular weight is 845 g/mol. The van der Waals surface area contributed by atoms with Gasteiger partial charge in [-0.3, -0.25) is 14.5 Å². The Morgan fingerprint density at radius 2 is 1.71 bits per heavy atom. The first-order chi connectivity index (χ1) is 29.9. The molecule has 0 spiro atoms. The molecule has 1 aromatic carbocycles. The molecule has 1 aliphatic heterocycles. The average Bonchev–Trinajstić information content (AvgIpc) is 3.74. The summed E-state index contributed by atoms with van der Waals surface area (Å²) in [5.74, 6) is 4.41. The summed E-state index contributed by atoms with van der Waals surface area (Å²) < 4.78 is 9.96. The van der Waals surface area contributed by atoms with Crippen LogP contribution in [0.15, 0.2) is 66.1 Å². The molecule has 5 fully saturated rings. The van der Waals surface area contributed by atoms with Gasteiger partial charge in [-0.25, -0.2) is 19.3 Å². The van der Waals surface area contributed by atoms with Gasteiger partial charge >= 0.3 is 0 Å². The molecular formula is C50H68N8O4. The number of nitrogens with one attached hydrogen (secondary N) is 1. The minimum absolute atomic E-state index is 0.242. The second-order valence-electron chi connectivity index (χ2n) is 20.3. The van der Waals surface area contributed by atoms with Crippen molar-refractivity contribution >= 4 is 34.1 Å². The van der Waals surface area contributed by atoms with E-state index in [2.05, 4.69) is 57.6 Å². The Labute approximate surface area is 367 Å². The maximum absolute atomic E-state index is 13.4. The molecule has 9 rings (SSSR count). The van der Waals surface area contributed by atoms with E-state index in [1.807, 2.05) is 18.2 Å². The molecule has 12 nitrogen and oxygen atoms in total. The van der Waals surface area contributed by atoms with Crippen molar-refractivity contribution in [1.82, 2.24) is 29.2 Å². The predicted molar refractivity (Wildman–Crippen MR) is 245 cm³/mol. The monoisotopic (exact) mass is 845 g/mol. The number of aliphatic hydroxyl groups is 1. The SMILES string of the molecule is C=CCn1c(=O)c2cnc(Nc3ccc(N4CCN(CCCCCO[C@H]5CC[C@H]6[C@@H]7CC[C@H]8CC(=O)CC[C@]8(C)[C@H]7CCC56C)CC4)cc3)nc2n1-c1cccc(C(C)(C)O)n1. The summed E-state index contributed by atoms with van der Waals surface area (Å²) in [5, 5.41) is 14.3. The molecule has 0 radical (unpaired) electrons. The molecule has 62 heavy (non-hydrogen) atoms. The van der Waals surface area contributed by atoms with Crippen molar-refractivity contribution in [3.63, 3.8) is 0 Å². The number of piperazine rings is 1. The largest absolute Gasteiger partial charge is 0.384 e. The normalized spacial score (nSPS) is 29.0. The van der Waals surface area contributed by atoms with Gasteiger partial charge in [-0.05, 0) is 156 Å². The molecule has 12 heteroatoms. The molecule has 5 aliphatic rings. The zero-order valence-corrected chi connectivity index (χ0v) is 37.5. The molecule has 3 aromatic heterocycles. The summed E-state index contributed by atoms with van der Waals surface area (Å²) in [6.45, 7) is 18.7. The second kappa shape index (κ2) is 17.3. The fraction of sp³-hybridized carbons (Fsp3) is 0.620. The number of aromatic nitrogens is 5. The van der Waals surface area contributed by atoms with Crippen molar-refractivity contribution in [2.45, 2.75) is 123 Å². The van der Waals surface area contributed by atoms with Crippen LogP contribution in [0.25, 0.3) is 16.9 Å². The molecule has 1 saturated heterocycles. The highest BCUT2D eigenvalue weighted by molar-refractivity contribution is 5.80. The first kappa shape index (κ1) is 42.9. The number of pyridine rings is 1. The number of hydrogen-bond acceptors (Lipinski definition) is 10. The van der Waals surface area contributed by atoms with Crippen LogP contribution in [0.3, 0.4) is 0 Å². The Bertz CT molecular complexity index is 2310. The molecule has 4 aliphatic carbocycles. The summed E-state index contributed by atoms with van der Waals surface area (Å²) in [4.78, 5) is 44.7. The zero-order valence-electron chi connectivity index (χ0n) is 37.5. The Kier molecular flexibility index (Phi) is 12.0. The maximum atomic E-state index is 13.4. The fourth-order valence-corrected chi connectivity index (χ4v) is 12.7. The molecular weight excluding hydrogens is 777 g/mol. The van der Waals surface area contributed by atoms with Crippen molar-refractivity contribution in [1.29, 1.82) is 0 Å². The summed E-state index contributed by atoms with van der Waals surface area (Å²) in [5.41, 5.74) is 2.25. The Morgan fingerprint density at radius 3 is 2.48 bits per heavy atom. The van der Waals surface area contributed by atoms with Crippen LogP contribution in [-0.2, 0) is 21.7 Å². The van der Waals surface area contributed by atoms with Crippen molar-refractivity contribution in [3.8, 4) is 5.82 Å². The molecule has 0 amide bonds. The quantitative estimate of drug-likeness (QED) is 0.0943. The lowest BCUT2D eigenvalue weighted by molar-refractivity contribution is -0.145. The van der Waals surface area contributed by atoms with E-state index in [9.17, 15) is 14.7 Å². The number of hydrogen-bond donors (Lipinski definition) is 2. The molecule has 1 unspecified atom stereocenters. The molecule has 2 N–H and O–H groups in total. The number of fused-ring (bicyclic) bond motifs is 6. The summed E-state index contributed by atoms with van der Waals surface area (Å²) in [6.07, 6.45) is 17.8. The Hall–Kier alpha value is -4.39. The van der Waals surface area contributed by atoms with E-state index in [0.717, 1.165) is 88.5 Å². The van der Waals surface area contributed by atoms with Crippen molar-refractivity contribution < 1.29 is 14.6 Å². The van der Waals surface area contributed by atoms with Gasteiger partial charge in [-0.2, -0.15) is 4.98 Å². The Balaban J connectivity index is 0.725. The lowest BCUT2D eigenvalue weighted by atomic mass is 9.45. The predicted octanol–water partition coefficient (Wildman–Crippen LogP) is 8.42. The van der Waals surface area contributed by atoms with Gasteiger partial charge in [0.15, 0.2) is 11.5 Å². The van der Waals surface area contributed by atoms with Gasteiger partial charge in [-0.1, -0.05) is 26.0 Å². The number of carbonyl (C=O) groups is 1. The highest BCUT2D eigenvalue weighted by Crippen LogP contribution is 2.66. The number of allylic oxidation sites excluding steroid dienone is 1. The topological polar surface area (TPSA) is 131 Å². The van der Waals surface area contributed by atoms with Crippen molar-refractivity contribution in [2.75, 3.05) is 49.5 Å². The zero-order chi connectivity index (χ0) is 43.2. The third-order valence-electron chi connectivity index (χ3n) is 16.2. The van der Waals surface area contributed by atoms with Crippen molar-refractivity contribution in [3.05, 3.63) is 77.4 Å². The molecule has 0 bridgehead atoms. The van der Waals surface area contributed by atoms with Crippen LogP contribution in [0, 0.1) is 34.5 Å². The first-order valence-electron chi connectivity index (χ1n) is 23.6. The third kappa shape index (κ3) is 8.15. The number of ketones is 1. The number of unbranched alkanes of at least 4 members (excludes halogenated alkanes) is 2. The molecule has 4 saturated carbocycles. The van der Waals surface area contributed by atoms with E-state index >= 15 is 0 Å². The number of carbonyl (C=O) groups excluding carboxylic acids is 1. The van der Waals surface area contributed by atoms with Crippen LogP contribution in [0.4, 0.5) is 17.3 Å². The van der Waals surface area contributed by atoms with Gasteiger partial charge in [-0.15, -0.1) is 6.58 Å². The van der Waals surface area contributed by atoms with Crippen LogP contribution in [0.2, 0.25) is 0 Å². The van der Waals surface area contributed by atoms with Crippen LogP contribution in [0.1, 0.15) is 110 Å². The van der Waals surface area contributed by atoms with E-state index in [-0.39, 0.29) is 12.1 Å². The highest BCUT2D eigenvalue weighted by Gasteiger charge is 2.60. The number of anilines is 3. The maximum Gasteiger partial charge on any atom is 0.278 e. The number of Topliss-reactive ketones (excluding diaryl/α,β-unsaturated/α-hetero) is 1. The van der Waals surface area contributed by atoms with Gasteiger partial charge in [0.25, 0.3) is 5.56 Å². The highest BCUT2D eigenvalue weighted by atomic mass is 16.5. The first-order valence-corrected chi connectivity index (χ1v) is 23.6. The van der Waals surface area contributed by atoms with Gasteiger partial charge in [0.2, 0.25) is 5.95 Å². The Morgan fingerprint density at radius 1 is 0.919 bits per heavy atom. The van der Waals surface area contributed by atoms with Crippen LogP contribution >= 0.6 is 0 Å². The number of rotatable bonds is 14. The standard InChI is InChI=1S/C50H68N8O4/c1-6-25-57-46(60)39-33-51-47(54-45(39)58(57)44-12-10-11-42(53-44)48(2,3)61)52-35-14-16-36(17-15-35)56-29-27-55(28-30-56)26-8-7-9-31-62-43-20-19-40-38-18-13-34-32-37(59)21-23-49(34,4)41(38)22-24-50(40,43)5/h6,10-12,14-17,33-34,38,40-41,43,61H,1,7-9,13,18-32H2,2-5H3,(H,51,52,54)/t34-,38-,40-,41-,43-,49-,50?/m0/s1. The van der Waals surface area contributed by atoms with E-state index in [1.54, 1.807) is 42.9 Å². The molecule has 4 aromatic rings. The van der Waals surface area contributed by atoms with E-state index in [1.165, 1.54) is 61.7 Å². The second-order valence-corrected chi connectivity index (χ2v) is 20.3. The smallest absolute Gasteiger partial charge is 0.278 e. The minimum atomic E-state index is -1.15. The summed E-state index contributed by atoms with van der Waals surface area (Å²) in [6, 6.07) is 13.7. The van der Waals surface area contributed by atoms with Gasteiger partial charge < -0.3 is 20.1 Å². The van der Waals surface area contributed by atoms with Gasteiger partial charge in [0.1, 0.15) is 16.8 Å². The van der Waals surface area contributed by atoms with Crippen LogP contribution in [-0.4, -0.2) is 85.5 Å². The van der Waals surface area contributed by atoms with E-state index in [0.29, 0.717) is 57.1 Å². The third-order valence-corrected chi connectivity index (χ3v) is 16.2. The summed E-state index contributed by atoms with van der Waals surface area (Å²) in [7, 11) is 0. The van der Waals surface area contributed by atoms with Gasteiger partial charge in [0, 0.05) is 63.2 Å². The van der Waals surface area contributed by atoms with Crippen LogP contribution < -0.4 is 15.8 Å². The number of nitrogens with zero attached hydrogens (tertiary/aromatic N) is 7. The van der Waals surface area contributed by atoms with Gasteiger partial charge in [0.05, 0.1) is 18.3 Å².